The van der Waals surface area contributed by atoms with Gasteiger partial charge in [-0.05, 0) is 37.8 Å². The summed E-state index contributed by atoms with van der Waals surface area (Å²) in [5.74, 6) is 0.850. The molecular formula is C18H27N3O. The van der Waals surface area contributed by atoms with Gasteiger partial charge in [0.15, 0.2) is 5.96 Å². The van der Waals surface area contributed by atoms with Crippen molar-refractivity contribution in [2.45, 2.75) is 32.7 Å². The topological polar surface area (TPSA) is 45.7 Å². The molecule has 2 N–H and O–H groups in total. The van der Waals surface area contributed by atoms with Crippen molar-refractivity contribution in [2.75, 3.05) is 26.8 Å². The number of hydrogen-bond acceptors (Lipinski definition) is 2. The van der Waals surface area contributed by atoms with Gasteiger partial charge in [-0.15, -0.1) is 0 Å². The third-order valence-corrected chi connectivity index (χ3v) is 4.03. The maximum Gasteiger partial charge on any atom is 0.191 e. The van der Waals surface area contributed by atoms with Crippen LogP contribution in [0, 0.1) is 6.92 Å². The lowest BCUT2D eigenvalue weighted by Gasteiger charge is -2.20. The normalized spacial score (nSPS) is 16.9. The van der Waals surface area contributed by atoms with Gasteiger partial charge in [-0.2, -0.15) is 0 Å². The molecule has 0 fully saturated rings. The fraction of sp³-hybridized carbons (Fsp3) is 0.500. The van der Waals surface area contributed by atoms with Crippen molar-refractivity contribution >= 4 is 5.96 Å². The quantitative estimate of drug-likeness (QED) is 0.499. The molecule has 0 radical (unpaired) electrons. The van der Waals surface area contributed by atoms with Gasteiger partial charge in [0, 0.05) is 13.6 Å². The number of ether oxygens (including phenoxy) is 1. The highest BCUT2D eigenvalue weighted by Crippen LogP contribution is 2.16. The van der Waals surface area contributed by atoms with Crippen molar-refractivity contribution < 1.29 is 4.74 Å². The molecule has 1 aliphatic heterocycles. The number of rotatable bonds is 5. The Labute approximate surface area is 133 Å². The van der Waals surface area contributed by atoms with Crippen LogP contribution >= 0.6 is 0 Å². The van der Waals surface area contributed by atoms with Crippen LogP contribution in [0.4, 0.5) is 0 Å². The minimum absolute atomic E-state index is 0.231. The molecule has 22 heavy (non-hydrogen) atoms. The molecule has 1 aromatic carbocycles. The van der Waals surface area contributed by atoms with Crippen LogP contribution < -0.4 is 10.6 Å². The van der Waals surface area contributed by atoms with Gasteiger partial charge in [0.25, 0.3) is 0 Å². The molecule has 0 saturated heterocycles. The molecule has 1 heterocycles. The summed E-state index contributed by atoms with van der Waals surface area (Å²) in [5, 5.41) is 6.85. The summed E-state index contributed by atoms with van der Waals surface area (Å²) < 4.78 is 5.33. The van der Waals surface area contributed by atoms with E-state index in [4.69, 9.17) is 4.74 Å². The van der Waals surface area contributed by atoms with Crippen LogP contribution in [0.2, 0.25) is 0 Å². The second-order valence-electron chi connectivity index (χ2n) is 5.66. The van der Waals surface area contributed by atoms with Gasteiger partial charge >= 0.3 is 0 Å². The Kier molecular flexibility index (Phi) is 6.46. The summed E-state index contributed by atoms with van der Waals surface area (Å²) in [6.45, 7) is 6.80. The van der Waals surface area contributed by atoms with Crippen LogP contribution in [0.3, 0.4) is 0 Å². The molecule has 1 atom stereocenters. The number of nitrogens with zero attached hydrogens (tertiary/aromatic N) is 1. The first-order valence-electron chi connectivity index (χ1n) is 7.99. The van der Waals surface area contributed by atoms with E-state index in [9.17, 15) is 0 Å². The number of benzene rings is 1. The highest BCUT2D eigenvalue weighted by molar-refractivity contribution is 5.80. The second-order valence-corrected chi connectivity index (χ2v) is 5.66. The summed E-state index contributed by atoms with van der Waals surface area (Å²) in [4.78, 5) is 4.32. The zero-order chi connectivity index (χ0) is 15.8. The highest BCUT2D eigenvalue weighted by Gasteiger charge is 2.10. The third kappa shape index (κ3) is 4.88. The van der Waals surface area contributed by atoms with Crippen molar-refractivity contribution in [3.63, 3.8) is 0 Å². The van der Waals surface area contributed by atoms with Crippen molar-refractivity contribution in [1.29, 1.82) is 0 Å². The van der Waals surface area contributed by atoms with Crippen LogP contribution in [0.15, 0.2) is 40.9 Å². The largest absolute Gasteiger partial charge is 0.377 e. The van der Waals surface area contributed by atoms with Crippen molar-refractivity contribution in [3.05, 3.63) is 47.0 Å². The van der Waals surface area contributed by atoms with E-state index >= 15 is 0 Å². The van der Waals surface area contributed by atoms with E-state index in [1.54, 1.807) is 0 Å². The van der Waals surface area contributed by atoms with E-state index in [0.717, 1.165) is 38.6 Å². The zero-order valence-electron chi connectivity index (χ0n) is 13.9. The molecule has 1 aliphatic rings. The minimum atomic E-state index is 0.231. The Balaban J connectivity index is 1.82. The van der Waals surface area contributed by atoms with Crippen LogP contribution in [-0.4, -0.2) is 32.8 Å². The molecule has 0 saturated carbocycles. The minimum Gasteiger partial charge on any atom is -0.377 e. The molecule has 0 aliphatic carbocycles. The molecule has 4 heteroatoms. The van der Waals surface area contributed by atoms with Gasteiger partial charge in [0.05, 0.1) is 19.3 Å². The van der Waals surface area contributed by atoms with Crippen molar-refractivity contribution in [1.82, 2.24) is 10.6 Å². The van der Waals surface area contributed by atoms with E-state index in [-0.39, 0.29) is 6.04 Å². The van der Waals surface area contributed by atoms with Crippen LogP contribution in [0.25, 0.3) is 0 Å². The average molecular weight is 301 g/mol. The fourth-order valence-electron chi connectivity index (χ4n) is 2.68. The Bertz CT molecular complexity index is 537. The van der Waals surface area contributed by atoms with Gasteiger partial charge in [0.2, 0.25) is 0 Å². The number of hydrogen-bond donors (Lipinski definition) is 2. The van der Waals surface area contributed by atoms with Crippen molar-refractivity contribution in [3.8, 4) is 0 Å². The Morgan fingerprint density at radius 1 is 1.36 bits per heavy atom. The van der Waals surface area contributed by atoms with Crippen LogP contribution in [0.5, 0.6) is 0 Å². The predicted molar refractivity (Wildman–Crippen MR) is 92.2 cm³/mol. The predicted octanol–water partition coefficient (Wildman–Crippen LogP) is 2.96. The van der Waals surface area contributed by atoms with E-state index in [1.807, 2.05) is 7.05 Å². The van der Waals surface area contributed by atoms with Crippen molar-refractivity contribution in [2.24, 2.45) is 4.99 Å². The average Bonchev–Trinajstić information content (AvgIpc) is 2.55. The Morgan fingerprint density at radius 3 is 2.86 bits per heavy atom. The smallest absolute Gasteiger partial charge is 0.191 e. The van der Waals surface area contributed by atoms with Gasteiger partial charge in [-0.25, -0.2) is 0 Å². The molecule has 1 aromatic rings. The molecule has 0 aromatic heterocycles. The molecule has 120 valence electrons. The Hall–Kier alpha value is -1.81. The summed E-state index contributed by atoms with van der Waals surface area (Å²) in [6.07, 6.45) is 4.29. The summed E-state index contributed by atoms with van der Waals surface area (Å²) in [7, 11) is 1.81. The lowest BCUT2D eigenvalue weighted by atomic mass is 10.0. The lowest BCUT2D eigenvalue weighted by Crippen LogP contribution is -2.39. The number of nitrogens with one attached hydrogen (secondary N) is 2. The van der Waals surface area contributed by atoms with Crippen LogP contribution in [0.1, 0.15) is 36.9 Å². The number of aliphatic imine (C=N–C) groups is 1. The molecular weight excluding hydrogens is 274 g/mol. The summed E-state index contributed by atoms with van der Waals surface area (Å²) in [5.41, 5.74) is 4.07. The molecule has 4 nitrogen and oxygen atoms in total. The standard InChI is InChI=1S/C18H27N3O/c1-14-6-4-5-7-17(14)15(2)21-18(19-3)20-11-8-16-9-12-22-13-10-16/h4-7,9,15H,8,10-13H2,1-3H3,(H2,19,20,21). The van der Waals surface area contributed by atoms with E-state index in [0.29, 0.717) is 0 Å². The fourth-order valence-corrected chi connectivity index (χ4v) is 2.68. The van der Waals surface area contributed by atoms with Gasteiger partial charge in [-0.3, -0.25) is 4.99 Å². The van der Waals surface area contributed by atoms with Gasteiger partial charge < -0.3 is 15.4 Å². The first-order chi connectivity index (χ1) is 10.7. The monoisotopic (exact) mass is 301 g/mol. The van der Waals surface area contributed by atoms with Gasteiger partial charge in [0.1, 0.15) is 0 Å². The highest BCUT2D eigenvalue weighted by atomic mass is 16.5. The first-order valence-corrected chi connectivity index (χ1v) is 7.99. The molecule has 1 unspecified atom stereocenters. The van der Waals surface area contributed by atoms with E-state index in [2.05, 4.69) is 59.8 Å². The zero-order valence-corrected chi connectivity index (χ0v) is 13.9. The number of aryl methyl sites for hydroxylation is 1. The molecule has 0 amide bonds. The second kappa shape index (κ2) is 8.59. The molecule has 0 spiro atoms. The van der Waals surface area contributed by atoms with Gasteiger partial charge in [-0.1, -0.05) is 35.9 Å². The lowest BCUT2D eigenvalue weighted by molar-refractivity contribution is 0.153. The molecule has 0 bridgehead atoms. The SMILES string of the molecule is CN=C(NCCC1=CCOCC1)NC(C)c1ccccc1C. The third-order valence-electron chi connectivity index (χ3n) is 4.03. The van der Waals surface area contributed by atoms with E-state index in [1.165, 1.54) is 16.7 Å². The summed E-state index contributed by atoms with van der Waals surface area (Å²) in [6, 6.07) is 8.68. The summed E-state index contributed by atoms with van der Waals surface area (Å²) >= 11 is 0. The Morgan fingerprint density at radius 2 is 2.18 bits per heavy atom. The van der Waals surface area contributed by atoms with E-state index < -0.39 is 0 Å². The maximum absolute atomic E-state index is 5.33. The molecule has 2 rings (SSSR count). The van der Waals surface area contributed by atoms with Crippen LogP contribution in [-0.2, 0) is 4.74 Å². The first kappa shape index (κ1) is 16.6. The number of guanidine groups is 1. The maximum atomic E-state index is 5.33.